The molecule has 0 saturated carbocycles. The molecule has 0 unspecified atom stereocenters. The maximum Gasteiger partial charge on any atom is 0.292 e. The van der Waals surface area contributed by atoms with E-state index in [1.165, 1.54) is 4.68 Å². The number of hydrogen-bond donors (Lipinski definition) is 0. The highest BCUT2D eigenvalue weighted by Crippen LogP contribution is 2.23. The Morgan fingerprint density at radius 3 is 2.41 bits per heavy atom. The molecular weight excluding hydrogens is 362 g/mol. The summed E-state index contributed by atoms with van der Waals surface area (Å²) >= 11 is 6.41. The zero-order chi connectivity index (χ0) is 18.6. The van der Waals surface area contributed by atoms with Crippen molar-refractivity contribution in [3.8, 4) is 5.69 Å². The largest absolute Gasteiger partial charge is 0.366 e. The maximum atomic E-state index is 12.7. The summed E-state index contributed by atoms with van der Waals surface area (Å²) in [5.74, 6) is 0. The van der Waals surface area contributed by atoms with Gasteiger partial charge in [-0.3, -0.25) is 14.7 Å². The zero-order valence-corrected chi connectivity index (χ0v) is 15.6. The van der Waals surface area contributed by atoms with E-state index in [1.807, 2.05) is 54.7 Å². The van der Waals surface area contributed by atoms with Gasteiger partial charge in [0, 0.05) is 38.9 Å². The van der Waals surface area contributed by atoms with Crippen LogP contribution in [0, 0.1) is 0 Å². The summed E-state index contributed by atoms with van der Waals surface area (Å²) in [6, 6.07) is 15.3. The standard InChI is InChI=1S/C20H20ClN5O/c21-19-18(14-23-26(20(19)27)17-7-2-1-3-8-17)25-12-10-24(11-13-25)15-16-6-4-5-9-22-16/h1-9,14H,10-13,15H2. The molecule has 138 valence electrons. The van der Waals surface area contributed by atoms with Gasteiger partial charge in [0.2, 0.25) is 0 Å². The molecule has 0 aliphatic carbocycles. The zero-order valence-electron chi connectivity index (χ0n) is 14.8. The molecule has 6 nitrogen and oxygen atoms in total. The third kappa shape index (κ3) is 3.86. The fourth-order valence-corrected chi connectivity index (χ4v) is 3.51. The lowest BCUT2D eigenvalue weighted by Gasteiger charge is -2.36. The molecule has 2 aromatic heterocycles. The number of hydrogen-bond acceptors (Lipinski definition) is 5. The molecular formula is C20H20ClN5O. The van der Waals surface area contributed by atoms with E-state index >= 15 is 0 Å². The third-order valence-corrected chi connectivity index (χ3v) is 5.08. The van der Waals surface area contributed by atoms with Gasteiger partial charge in [0.15, 0.2) is 0 Å². The molecule has 0 atom stereocenters. The first-order valence-electron chi connectivity index (χ1n) is 8.93. The lowest BCUT2D eigenvalue weighted by atomic mass is 10.2. The Hall–Kier alpha value is -2.70. The molecule has 0 bridgehead atoms. The SMILES string of the molecule is O=c1c(Cl)c(N2CCN(Cc3ccccn3)CC2)cnn1-c1ccccc1. The van der Waals surface area contributed by atoms with Crippen molar-refractivity contribution in [3.63, 3.8) is 0 Å². The number of para-hydroxylation sites is 1. The molecule has 1 saturated heterocycles. The Kier molecular flexibility index (Phi) is 5.18. The number of benzene rings is 1. The molecule has 1 aliphatic rings. The molecule has 3 aromatic rings. The first kappa shape index (κ1) is 17.7. The Labute approximate surface area is 162 Å². The fourth-order valence-electron chi connectivity index (χ4n) is 3.27. The van der Waals surface area contributed by atoms with Gasteiger partial charge in [-0.25, -0.2) is 0 Å². The van der Waals surface area contributed by atoms with Crippen LogP contribution in [0.1, 0.15) is 5.69 Å². The molecule has 1 fully saturated rings. The highest BCUT2D eigenvalue weighted by molar-refractivity contribution is 6.33. The van der Waals surface area contributed by atoms with Crippen LogP contribution in [-0.4, -0.2) is 45.8 Å². The van der Waals surface area contributed by atoms with Gasteiger partial charge in [-0.05, 0) is 24.3 Å². The van der Waals surface area contributed by atoms with Crippen molar-refractivity contribution in [3.05, 3.63) is 82.0 Å². The minimum absolute atomic E-state index is 0.215. The normalized spacial score (nSPS) is 15.1. The Morgan fingerprint density at radius 1 is 0.963 bits per heavy atom. The van der Waals surface area contributed by atoms with Gasteiger partial charge in [-0.15, -0.1) is 0 Å². The molecule has 0 N–H and O–H groups in total. The Balaban J connectivity index is 1.47. The first-order chi connectivity index (χ1) is 13.2. The summed E-state index contributed by atoms with van der Waals surface area (Å²) in [6.45, 7) is 4.19. The highest BCUT2D eigenvalue weighted by atomic mass is 35.5. The van der Waals surface area contributed by atoms with Crippen LogP contribution >= 0.6 is 11.6 Å². The quantitative estimate of drug-likeness (QED) is 0.695. The van der Waals surface area contributed by atoms with E-state index in [0.717, 1.165) is 38.4 Å². The second-order valence-electron chi connectivity index (χ2n) is 6.48. The van der Waals surface area contributed by atoms with E-state index in [9.17, 15) is 4.79 Å². The van der Waals surface area contributed by atoms with Crippen molar-refractivity contribution in [2.75, 3.05) is 31.1 Å². The minimum atomic E-state index is -0.295. The summed E-state index contributed by atoms with van der Waals surface area (Å²) in [5, 5.41) is 4.54. The number of piperazine rings is 1. The predicted molar refractivity (Wildman–Crippen MR) is 107 cm³/mol. The van der Waals surface area contributed by atoms with Crippen LogP contribution in [-0.2, 0) is 6.54 Å². The van der Waals surface area contributed by atoms with Crippen molar-refractivity contribution < 1.29 is 0 Å². The average Bonchev–Trinajstić information content (AvgIpc) is 2.72. The molecule has 0 spiro atoms. The van der Waals surface area contributed by atoms with Crippen molar-refractivity contribution in [2.45, 2.75) is 6.54 Å². The number of pyridine rings is 1. The van der Waals surface area contributed by atoms with Crippen LogP contribution < -0.4 is 10.5 Å². The number of aromatic nitrogens is 3. The van der Waals surface area contributed by atoms with Gasteiger partial charge in [-0.2, -0.15) is 9.78 Å². The molecule has 4 rings (SSSR count). The van der Waals surface area contributed by atoms with Crippen molar-refractivity contribution in [1.29, 1.82) is 0 Å². The lowest BCUT2D eigenvalue weighted by molar-refractivity contribution is 0.247. The predicted octanol–water partition coefficient (Wildman–Crippen LogP) is 2.60. The Bertz CT molecular complexity index is 953. The van der Waals surface area contributed by atoms with Crippen molar-refractivity contribution in [2.24, 2.45) is 0 Å². The van der Waals surface area contributed by atoms with Gasteiger partial charge in [0.1, 0.15) is 5.02 Å². The van der Waals surface area contributed by atoms with E-state index in [4.69, 9.17) is 11.6 Å². The van der Waals surface area contributed by atoms with Gasteiger partial charge >= 0.3 is 0 Å². The van der Waals surface area contributed by atoms with Crippen LogP contribution in [0.5, 0.6) is 0 Å². The molecule has 3 heterocycles. The minimum Gasteiger partial charge on any atom is -0.366 e. The van der Waals surface area contributed by atoms with E-state index in [0.29, 0.717) is 11.4 Å². The van der Waals surface area contributed by atoms with Crippen molar-refractivity contribution in [1.82, 2.24) is 19.7 Å². The molecule has 7 heteroatoms. The number of anilines is 1. The lowest BCUT2D eigenvalue weighted by Crippen LogP contribution is -2.46. The summed E-state index contributed by atoms with van der Waals surface area (Å²) in [5.41, 5.74) is 2.18. The van der Waals surface area contributed by atoms with Crippen LogP contribution in [0.15, 0.2) is 65.7 Å². The number of halogens is 1. The highest BCUT2D eigenvalue weighted by Gasteiger charge is 2.21. The van der Waals surface area contributed by atoms with Crippen LogP contribution in [0.3, 0.4) is 0 Å². The fraction of sp³-hybridized carbons (Fsp3) is 0.250. The molecule has 1 aromatic carbocycles. The van der Waals surface area contributed by atoms with E-state index < -0.39 is 0 Å². The van der Waals surface area contributed by atoms with E-state index in [-0.39, 0.29) is 10.6 Å². The first-order valence-corrected chi connectivity index (χ1v) is 9.30. The van der Waals surface area contributed by atoms with Gasteiger partial charge in [-0.1, -0.05) is 35.9 Å². The second kappa shape index (κ2) is 7.90. The Morgan fingerprint density at radius 2 is 1.70 bits per heavy atom. The van der Waals surface area contributed by atoms with Crippen molar-refractivity contribution >= 4 is 17.3 Å². The summed E-state index contributed by atoms with van der Waals surface area (Å²) < 4.78 is 1.34. The molecule has 1 aliphatic heterocycles. The number of rotatable bonds is 4. The third-order valence-electron chi connectivity index (χ3n) is 4.73. The molecule has 0 radical (unpaired) electrons. The monoisotopic (exact) mass is 381 g/mol. The second-order valence-corrected chi connectivity index (χ2v) is 6.86. The summed E-state index contributed by atoms with van der Waals surface area (Å²) in [6.07, 6.45) is 3.50. The number of nitrogens with zero attached hydrogens (tertiary/aromatic N) is 5. The van der Waals surface area contributed by atoms with Gasteiger partial charge < -0.3 is 4.90 Å². The smallest absolute Gasteiger partial charge is 0.292 e. The van der Waals surface area contributed by atoms with E-state index in [2.05, 4.69) is 19.9 Å². The topological polar surface area (TPSA) is 54.3 Å². The molecule has 0 amide bonds. The van der Waals surface area contributed by atoms with Crippen LogP contribution in [0.2, 0.25) is 5.02 Å². The van der Waals surface area contributed by atoms with E-state index in [1.54, 1.807) is 6.20 Å². The van der Waals surface area contributed by atoms with Crippen LogP contribution in [0.4, 0.5) is 5.69 Å². The summed E-state index contributed by atoms with van der Waals surface area (Å²) in [4.78, 5) is 21.5. The average molecular weight is 382 g/mol. The maximum absolute atomic E-state index is 12.7. The van der Waals surface area contributed by atoms with Gasteiger partial charge in [0.25, 0.3) is 5.56 Å². The molecule has 27 heavy (non-hydrogen) atoms. The van der Waals surface area contributed by atoms with Gasteiger partial charge in [0.05, 0.1) is 23.3 Å². The van der Waals surface area contributed by atoms with Crippen LogP contribution in [0.25, 0.3) is 5.69 Å². The summed E-state index contributed by atoms with van der Waals surface area (Å²) in [7, 11) is 0.